The van der Waals surface area contributed by atoms with Gasteiger partial charge in [0.05, 0.1) is 36.6 Å². The van der Waals surface area contributed by atoms with Crippen LogP contribution in [-0.4, -0.2) is 34.6 Å². The first kappa shape index (κ1) is 20.5. The quantitative estimate of drug-likeness (QED) is 0.524. The van der Waals surface area contributed by atoms with Crippen LogP contribution in [0.3, 0.4) is 0 Å². The van der Waals surface area contributed by atoms with Crippen LogP contribution in [0.15, 0.2) is 54.0 Å². The standard InChI is InChI=1S/C23H25N5OS/c24-15-19-9-10-25-22(14-19)27-23-26-20(17-30-23)21-8-4-5-11-28(21)12-13-29-16-18-6-2-1-3-7-18/h1-3,6-7,9-10,14,17,21H,4-5,8,11-13,16H2,(H,25,26,27)/t21-/m0/s1. The highest BCUT2D eigenvalue weighted by Gasteiger charge is 2.25. The average molecular weight is 420 g/mol. The molecule has 154 valence electrons. The van der Waals surface area contributed by atoms with Gasteiger partial charge in [-0.3, -0.25) is 4.90 Å². The van der Waals surface area contributed by atoms with Gasteiger partial charge in [-0.05, 0) is 37.1 Å². The molecule has 1 fully saturated rings. The summed E-state index contributed by atoms with van der Waals surface area (Å²) >= 11 is 1.58. The minimum atomic E-state index is 0.323. The van der Waals surface area contributed by atoms with Crippen molar-refractivity contribution in [3.05, 3.63) is 70.9 Å². The van der Waals surface area contributed by atoms with Gasteiger partial charge in [0, 0.05) is 18.1 Å². The SMILES string of the molecule is N#Cc1ccnc(Nc2nc([C@@H]3CCCCN3CCOCc3ccccc3)cs2)c1. The molecule has 0 aliphatic carbocycles. The van der Waals surface area contributed by atoms with E-state index >= 15 is 0 Å². The lowest BCUT2D eigenvalue weighted by Crippen LogP contribution is -2.36. The number of ether oxygens (including phenoxy) is 1. The summed E-state index contributed by atoms with van der Waals surface area (Å²) in [6.45, 7) is 3.35. The van der Waals surface area contributed by atoms with Crippen LogP contribution in [0.4, 0.5) is 10.9 Å². The fourth-order valence-corrected chi connectivity index (χ4v) is 4.48. The van der Waals surface area contributed by atoms with Crippen molar-refractivity contribution in [1.29, 1.82) is 5.26 Å². The van der Waals surface area contributed by atoms with E-state index < -0.39 is 0 Å². The highest BCUT2D eigenvalue weighted by molar-refractivity contribution is 7.13. The van der Waals surface area contributed by atoms with E-state index in [9.17, 15) is 0 Å². The smallest absolute Gasteiger partial charge is 0.188 e. The van der Waals surface area contributed by atoms with Crippen LogP contribution in [0.5, 0.6) is 0 Å². The number of rotatable bonds is 8. The van der Waals surface area contributed by atoms with E-state index in [-0.39, 0.29) is 0 Å². The van der Waals surface area contributed by atoms with Crippen molar-refractivity contribution in [1.82, 2.24) is 14.9 Å². The number of hydrogen-bond donors (Lipinski definition) is 1. The Labute approximate surface area is 181 Å². The van der Waals surface area contributed by atoms with Crippen LogP contribution in [0.25, 0.3) is 0 Å². The lowest BCUT2D eigenvalue weighted by atomic mass is 10.00. The van der Waals surface area contributed by atoms with Gasteiger partial charge in [0.15, 0.2) is 5.13 Å². The molecule has 1 saturated heterocycles. The summed E-state index contributed by atoms with van der Waals surface area (Å²) in [6, 6.07) is 16.2. The molecule has 0 spiro atoms. The lowest BCUT2D eigenvalue weighted by Gasteiger charge is -2.34. The zero-order chi connectivity index (χ0) is 20.6. The zero-order valence-corrected chi connectivity index (χ0v) is 17.6. The third-order valence-corrected chi connectivity index (χ3v) is 6.01. The normalized spacial score (nSPS) is 16.8. The monoisotopic (exact) mass is 419 g/mol. The number of benzene rings is 1. The first-order valence-electron chi connectivity index (χ1n) is 10.3. The molecule has 3 aromatic rings. The van der Waals surface area contributed by atoms with E-state index in [0.717, 1.165) is 30.3 Å². The van der Waals surface area contributed by atoms with Crippen LogP contribution in [-0.2, 0) is 11.3 Å². The molecular formula is C23H25N5OS. The molecule has 2 aromatic heterocycles. The Morgan fingerprint density at radius 3 is 3.00 bits per heavy atom. The van der Waals surface area contributed by atoms with Crippen molar-refractivity contribution in [2.75, 3.05) is 25.0 Å². The minimum Gasteiger partial charge on any atom is -0.375 e. The summed E-state index contributed by atoms with van der Waals surface area (Å²) in [7, 11) is 0. The molecule has 7 heteroatoms. The van der Waals surface area contributed by atoms with Gasteiger partial charge in [-0.15, -0.1) is 11.3 Å². The largest absolute Gasteiger partial charge is 0.375 e. The minimum absolute atomic E-state index is 0.323. The van der Waals surface area contributed by atoms with Gasteiger partial charge in [-0.1, -0.05) is 36.8 Å². The third-order valence-electron chi connectivity index (χ3n) is 5.24. The molecule has 30 heavy (non-hydrogen) atoms. The van der Waals surface area contributed by atoms with Gasteiger partial charge >= 0.3 is 0 Å². The van der Waals surface area contributed by atoms with E-state index in [0.29, 0.717) is 30.6 Å². The molecule has 0 unspecified atom stereocenters. The summed E-state index contributed by atoms with van der Waals surface area (Å²) in [5, 5.41) is 15.2. The number of hydrogen-bond acceptors (Lipinski definition) is 7. The maximum atomic E-state index is 9.05. The second-order valence-corrected chi connectivity index (χ2v) is 8.19. The van der Waals surface area contributed by atoms with Crippen molar-refractivity contribution in [3.63, 3.8) is 0 Å². The molecule has 1 N–H and O–H groups in total. The molecule has 3 heterocycles. The first-order valence-corrected chi connectivity index (χ1v) is 11.1. The fourth-order valence-electron chi connectivity index (χ4n) is 3.71. The van der Waals surface area contributed by atoms with Crippen molar-refractivity contribution >= 4 is 22.3 Å². The third kappa shape index (κ3) is 5.42. The average Bonchev–Trinajstić information content (AvgIpc) is 3.26. The molecule has 0 bridgehead atoms. The predicted octanol–water partition coefficient (Wildman–Crippen LogP) is 4.90. The molecule has 1 aromatic carbocycles. The topological polar surface area (TPSA) is 74.1 Å². The molecule has 0 saturated carbocycles. The molecule has 1 aliphatic heterocycles. The summed E-state index contributed by atoms with van der Waals surface area (Å²) in [4.78, 5) is 11.6. The van der Waals surface area contributed by atoms with Gasteiger partial charge in [0.2, 0.25) is 0 Å². The van der Waals surface area contributed by atoms with E-state index in [1.54, 1.807) is 29.7 Å². The molecule has 4 rings (SSSR count). The number of aromatic nitrogens is 2. The van der Waals surface area contributed by atoms with Crippen LogP contribution in [0.1, 0.15) is 42.1 Å². The number of likely N-dealkylation sites (tertiary alicyclic amines) is 1. The molecule has 0 radical (unpaired) electrons. The van der Waals surface area contributed by atoms with Gasteiger partial charge in [-0.25, -0.2) is 9.97 Å². The van der Waals surface area contributed by atoms with Crippen molar-refractivity contribution < 1.29 is 4.74 Å². The van der Waals surface area contributed by atoms with Crippen LogP contribution in [0.2, 0.25) is 0 Å². The fraction of sp³-hybridized carbons (Fsp3) is 0.348. The van der Waals surface area contributed by atoms with E-state index in [2.05, 4.69) is 38.8 Å². The number of pyridine rings is 1. The Hall–Kier alpha value is -2.79. The van der Waals surface area contributed by atoms with Gasteiger partial charge < -0.3 is 10.1 Å². The maximum absolute atomic E-state index is 9.05. The van der Waals surface area contributed by atoms with Crippen molar-refractivity contribution in [2.45, 2.75) is 31.9 Å². The number of nitrogens with zero attached hydrogens (tertiary/aromatic N) is 4. The van der Waals surface area contributed by atoms with Crippen molar-refractivity contribution in [2.24, 2.45) is 0 Å². The van der Waals surface area contributed by atoms with E-state index in [1.165, 1.54) is 18.4 Å². The summed E-state index contributed by atoms with van der Waals surface area (Å²) in [6.07, 6.45) is 5.19. The highest BCUT2D eigenvalue weighted by atomic mass is 32.1. The van der Waals surface area contributed by atoms with Gasteiger partial charge in [0.1, 0.15) is 5.82 Å². The highest BCUT2D eigenvalue weighted by Crippen LogP contribution is 2.33. The number of thiazole rings is 1. The molecule has 1 aliphatic rings. The molecule has 1 atom stereocenters. The number of nitriles is 1. The number of anilines is 2. The van der Waals surface area contributed by atoms with E-state index in [4.69, 9.17) is 15.0 Å². The van der Waals surface area contributed by atoms with Gasteiger partial charge in [-0.2, -0.15) is 5.26 Å². The van der Waals surface area contributed by atoms with E-state index in [1.807, 2.05) is 18.2 Å². The molecular weight excluding hydrogens is 394 g/mol. The Morgan fingerprint density at radius 1 is 1.23 bits per heavy atom. The first-order chi connectivity index (χ1) is 14.8. The molecule has 6 nitrogen and oxygen atoms in total. The number of piperidine rings is 1. The Kier molecular flexibility index (Phi) is 7.03. The van der Waals surface area contributed by atoms with Gasteiger partial charge in [0.25, 0.3) is 0 Å². The summed E-state index contributed by atoms with van der Waals surface area (Å²) < 4.78 is 5.91. The van der Waals surface area contributed by atoms with Crippen LogP contribution in [0, 0.1) is 11.3 Å². The van der Waals surface area contributed by atoms with Crippen LogP contribution < -0.4 is 5.32 Å². The molecule has 0 amide bonds. The Morgan fingerprint density at radius 2 is 2.13 bits per heavy atom. The second kappa shape index (κ2) is 10.3. The maximum Gasteiger partial charge on any atom is 0.188 e. The number of nitrogens with one attached hydrogen (secondary N) is 1. The summed E-state index contributed by atoms with van der Waals surface area (Å²) in [5.41, 5.74) is 2.89. The predicted molar refractivity (Wildman–Crippen MR) is 119 cm³/mol. The second-order valence-electron chi connectivity index (χ2n) is 7.33. The summed E-state index contributed by atoms with van der Waals surface area (Å²) in [5.74, 6) is 0.643. The zero-order valence-electron chi connectivity index (χ0n) is 16.8. The Balaban J connectivity index is 1.34. The Bertz CT molecular complexity index is 985. The lowest BCUT2D eigenvalue weighted by molar-refractivity contribution is 0.0629. The van der Waals surface area contributed by atoms with Crippen LogP contribution >= 0.6 is 11.3 Å². The van der Waals surface area contributed by atoms with Crippen molar-refractivity contribution in [3.8, 4) is 6.07 Å².